The first-order chi connectivity index (χ1) is 50.7. The first-order valence-corrected chi connectivity index (χ1v) is 36.2. The number of rotatable bonds is 17. The average molecular weight is 1490 g/mol. The van der Waals surface area contributed by atoms with Gasteiger partial charge >= 0.3 is 29.6 Å². The molecule has 14 aromatic rings. The molecule has 25 nitrogen and oxygen atoms in total. The smallest absolute Gasteiger partial charge is 0.744 e. The Bertz CT molecular complexity index is 5490. The minimum atomic E-state index is -4.67. The van der Waals surface area contributed by atoms with E-state index in [1.807, 2.05) is 178 Å². The summed E-state index contributed by atoms with van der Waals surface area (Å²) in [6, 6.07) is 68.7. The summed E-state index contributed by atoms with van der Waals surface area (Å²) >= 11 is 0. The molecule has 2 atom stereocenters. The van der Waals surface area contributed by atoms with Gasteiger partial charge in [0.1, 0.15) is 96.5 Å². The maximum absolute atomic E-state index is 11.5. The van der Waals surface area contributed by atoms with Crippen LogP contribution in [0.4, 0.5) is 0 Å². The van der Waals surface area contributed by atoms with Crippen LogP contribution < -0.4 is 39.0 Å². The molecule has 0 bridgehead atoms. The molecular formula is C79H73N12NaO13S2. The Morgan fingerprint density at radius 3 is 1.21 bits per heavy atom. The summed E-state index contributed by atoms with van der Waals surface area (Å²) in [5.74, 6) is 2.41. The summed E-state index contributed by atoms with van der Waals surface area (Å²) in [6.45, 7) is 11.6. The van der Waals surface area contributed by atoms with Crippen molar-refractivity contribution >= 4 is 42.3 Å². The van der Waals surface area contributed by atoms with Crippen LogP contribution in [0, 0.1) is 6.92 Å². The van der Waals surface area contributed by atoms with Gasteiger partial charge in [0.25, 0.3) is 10.1 Å². The van der Waals surface area contributed by atoms with E-state index in [-0.39, 0.29) is 87.8 Å². The molecule has 0 fully saturated rings. The monoisotopic (exact) mass is 1480 g/mol. The fraction of sp³-hybridized carbons (Fsp3) is 0.165. The number of hydrogen-bond donors (Lipinski definition) is 6. The molecule has 6 N–H and O–H groups in total. The molecule has 540 valence electrons. The number of aromatic nitrogens is 12. The number of hydrogen-bond acceptors (Lipinski definition) is 22. The van der Waals surface area contributed by atoms with Crippen LogP contribution in [0.3, 0.4) is 0 Å². The van der Waals surface area contributed by atoms with Crippen molar-refractivity contribution in [3.05, 3.63) is 247 Å². The van der Waals surface area contributed by atoms with Crippen LogP contribution in [0.1, 0.15) is 63.6 Å². The Kier molecular flexibility index (Phi) is 25.0. The maximum Gasteiger partial charge on any atom is 1.00 e. The van der Waals surface area contributed by atoms with Gasteiger partial charge in [0, 0.05) is 45.5 Å². The van der Waals surface area contributed by atoms with E-state index in [9.17, 15) is 46.9 Å². The Morgan fingerprint density at radius 2 is 0.850 bits per heavy atom. The van der Waals surface area contributed by atoms with Crippen molar-refractivity contribution in [3.8, 4) is 114 Å². The van der Waals surface area contributed by atoms with Crippen molar-refractivity contribution in [1.82, 2.24) is 59.9 Å². The predicted molar refractivity (Wildman–Crippen MR) is 401 cm³/mol. The topological polar surface area (TPSA) is 370 Å². The van der Waals surface area contributed by atoms with Gasteiger partial charge in [-0.3, -0.25) is 4.55 Å². The molecule has 10 aromatic carbocycles. The van der Waals surface area contributed by atoms with E-state index in [1.54, 1.807) is 55.6 Å². The van der Waals surface area contributed by atoms with Crippen LogP contribution in [0.5, 0.6) is 34.5 Å². The summed E-state index contributed by atoms with van der Waals surface area (Å²) in [5.41, 5.74) is 9.92. The third-order valence-electron chi connectivity index (χ3n) is 16.5. The molecule has 2 unspecified atom stereocenters. The number of phenolic OH excluding ortho intramolecular Hbond substituents is 4. The number of nitrogens with zero attached hydrogens (tertiary/aromatic N) is 12. The quantitative estimate of drug-likeness (QED) is 0.0364. The molecule has 0 spiro atoms. The van der Waals surface area contributed by atoms with E-state index in [0.29, 0.717) is 74.7 Å². The van der Waals surface area contributed by atoms with Gasteiger partial charge in [-0.25, -0.2) is 38.3 Å². The number of phenols is 4. The van der Waals surface area contributed by atoms with Crippen LogP contribution in [0.2, 0.25) is 0 Å². The van der Waals surface area contributed by atoms with Gasteiger partial charge in [-0.1, -0.05) is 186 Å². The minimum absolute atomic E-state index is 0. The number of ether oxygens (including phenoxy) is 2. The molecule has 0 aliphatic carbocycles. The second-order valence-corrected chi connectivity index (χ2v) is 28.3. The minimum Gasteiger partial charge on any atom is -0.744 e. The van der Waals surface area contributed by atoms with Crippen molar-refractivity contribution in [1.29, 1.82) is 0 Å². The number of fused-ring (bicyclic) bond motifs is 2. The number of benzene rings is 10. The van der Waals surface area contributed by atoms with Crippen LogP contribution >= 0.6 is 0 Å². The summed E-state index contributed by atoms with van der Waals surface area (Å²) in [5, 5.41) is 69.3. The van der Waals surface area contributed by atoms with Gasteiger partial charge in [-0.05, 0) is 97.0 Å². The van der Waals surface area contributed by atoms with Crippen LogP contribution in [-0.4, -0.2) is 137 Å². The molecule has 0 radical (unpaired) electrons. The van der Waals surface area contributed by atoms with E-state index in [2.05, 4.69) is 71.1 Å². The Hall–Kier alpha value is -11.4. The summed E-state index contributed by atoms with van der Waals surface area (Å²) in [4.78, 5) is 29.8. The van der Waals surface area contributed by atoms with Gasteiger partial charge in [-0.15, -0.1) is 30.0 Å². The van der Waals surface area contributed by atoms with Crippen molar-refractivity contribution in [3.63, 3.8) is 0 Å². The van der Waals surface area contributed by atoms with Crippen LogP contribution in [-0.2, 0) is 25.7 Å². The molecule has 4 aromatic heterocycles. The Labute approximate surface area is 639 Å². The molecule has 0 aliphatic rings. The third-order valence-corrected chi connectivity index (χ3v) is 18.1. The number of methoxy groups -OCH3 is 1. The van der Waals surface area contributed by atoms with Crippen molar-refractivity contribution in [2.45, 2.75) is 70.3 Å². The van der Waals surface area contributed by atoms with Crippen molar-refractivity contribution in [2.75, 3.05) is 19.5 Å². The molecule has 0 saturated carbocycles. The molecule has 0 amide bonds. The first-order valence-electron chi connectivity index (χ1n) is 33.2. The SMILES string of the molecule is CCC(C)c1cc(S(=O)(=O)[O-])cc(-n2nc3ccccc3n2)c1O.COc1ccc(-c2nc(-c3ccccc3)nc(-c3ccccc3)n2)c(O)c1.Cc1cc(-n2nc3ccccc3n2)c(O)c(C(C)(C)C)c1.O=S(=O)(O)CC(O)COc1ccc(-c2nc(-c3ccccc3)nc(-c3ccccc3)n2)c(O)c1.[Na+]. The summed E-state index contributed by atoms with van der Waals surface area (Å²) in [6.07, 6.45) is -0.758. The molecule has 0 saturated heterocycles. The molecule has 4 heterocycles. The van der Waals surface area contributed by atoms with Crippen molar-refractivity contribution in [2.24, 2.45) is 0 Å². The second kappa shape index (κ2) is 34.2. The van der Waals surface area contributed by atoms with E-state index < -0.39 is 37.0 Å². The van der Waals surface area contributed by atoms with Gasteiger partial charge in [0.2, 0.25) is 0 Å². The zero-order chi connectivity index (χ0) is 75.5. The number of aryl methyl sites for hydroxylation is 1. The number of aromatic hydroxyl groups is 4. The van der Waals surface area contributed by atoms with Crippen LogP contribution in [0.25, 0.3) is 102 Å². The molecule has 14 rings (SSSR count). The Morgan fingerprint density at radius 1 is 0.486 bits per heavy atom. The fourth-order valence-electron chi connectivity index (χ4n) is 10.9. The molecular weight excluding hydrogens is 1410 g/mol. The zero-order valence-corrected chi connectivity index (χ0v) is 63.1. The van der Waals surface area contributed by atoms with Gasteiger partial charge in [-0.2, -0.15) is 8.42 Å². The van der Waals surface area contributed by atoms with E-state index in [4.69, 9.17) is 14.0 Å². The van der Waals surface area contributed by atoms with Crippen LogP contribution in [0.15, 0.2) is 235 Å². The van der Waals surface area contributed by atoms with E-state index >= 15 is 0 Å². The molecule has 107 heavy (non-hydrogen) atoms. The average Bonchev–Trinajstić information content (AvgIpc) is 0.933. The third kappa shape index (κ3) is 19.8. The summed E-state index contributed by atoms with van der Waals surface area (Å²) in [7, 11) is -7.45. The fourth-order valence-corrected chi connectivity index (χ4v) is 12.0. The zero-order valence-electron chi connectivity index (χ0n) is 59.4. The number of aliphatic hydroxyl groups excluding tert-OH is 1. The largest absolute Gasteiger partial charge is 1.00 e. The molecule has 28 heteroatoms. The van der Waals surface area contributed by atoms with Gasteiger partial charge in [0.05, 0.1) is 23.1 Å². The second-order valence-electron chi connectivity index (χ2n) is 25.4. The first kappa shape index (κ1) is 78.2. The van der Waals surface area contributed by atoms with Gasteiger partial charge in [0.15, 0.2) is 34.9 Å². The van der Waals surface area contributed by atoms with Gasteiger partial charge < -0.3 is 39.6 Å². The van der Waals surface area contributed by atoms with E-state index in [0.717, 1.165) is 55.3 Å². The molecule has 0 aliphatic heterocycles. The Balaban J connectivity index is 0.000000154. The summed E-state index contributed by atoms with van der Waals surface area (Å²) < 4.78 is 75.4. The van der Waals surface area contributed by atoms with Crippen molar-refractivity contribution < 1.29 is 90.5 Å². The normalized spacial score (nSPS) is 11.9. The predicted octanol–water partition coefficient (Wildman–Crippen LogP) is 11.1. The standard InChI is InChI=1S/C24H21N3O6S.C22H17N3O2.C17H19N3O.C16H17N3O4S.Na/c28-18(15-34(30,31)32)14-33-19-11-12-20(21(29)13-19)24-26-22(16-7-3-1-4-8-16)25-23(27-24)17-9-5-2-6-10-17;1-27-17-12-13-18(19(26)14-17)22-24-20(15-8-4-2-5-9-15)23-21(25-22)16-10-6-3-7-11-16;1-11-9-12(17(2,3)4)16(21)15(10-11)20-18-13-7-5-6-8-14(13)19-20;1-3-10(2)12-8-11(24(21,22)23)9-15(16(12)20)19-17-13-6-4-5-7-14(13)18-19;/h1-13,18,28-29H,14-15H2,(H,30,31,32);2-14,26H,1H3;5-10,21H,1-4H3;4-10,20H,3H2,1-2H3,(H,21,22,23);/q;;;;+1/p-1. The van der Waals surface area contributed by atoms with E-state index in [1.165, 1.54) is 23.0 Å². The number of aliphatic hydroxyl groups is 1. The maximum atomic E-state index is 11.5.